The fraction of sp³-hybridized carbons (Fsp3) is 0.548. The third-order valence-electron chi connectivity index (χ3n) is 9.53. The zero-order valence-electron chi connectivity index (χ0n) is 23.5. The third-order valence-corrected chi connectivity index (χ3v) is 9.77. The summed E-state index contributed by atoms with van der Waals surface area (Å²) in [7, 11) is 1.92. The average molecular weight is 579 g/mol. The van der Waals surface area contributed by atoms with Crippen molar-refractivity contribution in [2.75, 3.05) is 44.7 Å². The molecule has 4 unspecified atom stereocenters. The molecular formula is C31H36ClFN6O2. The summed E-state index contributed by atoms with van der Waals surface area (Å²) in [6.07, 6.45) is 5.79. The zero-order valence-corrected chi connectivity index (χ0v) is 24.2. The Morgan fingerprint density at radius 2 is 2.10 bits per heavy atom. The number of ether oxygens (including phenoxy) is 1. The number of carbonyl (C=O) groups excluding carboxylic acids is 1. The van der Waals surface area contributed by atoms with Crippen molar-refractivity contribution in [1.29, 1.82) is 5.26 Å². The summed E-state index contributed by atoms with van der Waals surface area (Å²) in [5.74, 6) is 0.665. The second-order valence-electron chi connectivity index (χ2n) is 11.9. The number of amides is 1. The largest absolute Gasteiger partial charge is 0.462 e. The number of nitrogens with zero attached hydrogens (tertiary/aromatic N) is 6. The van der Waals surface area contributed by atoms with E-state index in [9.17, 15) is 14.4 Å². The predicted molar refractivity (Wildman–Crippen MR) is 155 cm³/mol. The van der Waals surface area contributed by atoms with E-state index in [2.05, 4.69) is 29.7 Å². The van der Waals surface area contributed by atoms with E-state index in [4.69, 9.17) is 26.3 Å². The second kappa shape index (κ2) is 11.2. The maximum Gasteiger partial charge on any atom is 0.318 e. The van der Waals surface area contributed by atoms with Crippen LogP contribution in [0, 0.1) is 11.3 Å². The van der Waals surface area contributed by atoms with E-state index in [1.165, 1.54) is 17.2 Å². The molecule has 0 bridgehead atoms. The van der Waals surface area contributed by atoms with E-state index >= 15 is 0 Å². The van der Waals surface area contributed by atoms with Gasteiger partial charge in [0.1, 0.15) is 18.6 Å². The van der Waals surface area contributed by atoms with Gasteiger partial charge in [-0.3, -0.25) is 9.69 Å². The predicted octanol–water partition coefficient (Wildman–Crippen LogP) is 4.04. The Balaban J connectivity index is 1.33. The molecule has 0 saturated carbocycles. The van der Waals surface area contributed by atoms with E-state index < -0.39 is 6.17 Å². The lowest BCUT2D eigenvalue weighted by Crippen LogP contribution is -2.55. The Morgan fingerprint density at radius 1 is 1.27 bits per heavy atom. The number of likely N-dealkylation sites (tertiary alicyclic amines) is 1. The first-order valence-electron chi connectivity index (χ1n) is 14.5. The van der Waals surface area contributed by atoms with Crippen LogP contribution >= 0.6 is 11.6 Å². The van der Waals surface area contributed by atoms with Crippen molar-refractivity contribution in [2.24, 2.45) is 0 Å². The van der Waals surface area contributed by atoms with Gasteiger partial charge in [0.2, 0.25) is 5.91 Å². The summed E-state index contributed by atoms with van der Waals surface area (Å²) in [5, 5.41) is 10.3. The van der Waals surface area contributed by atoms with Gasteiger partial charge in [0.15, 0.2) is 0 Å². The number of aromatic nitrogens is 2. The number of hydrogen-bond donors (Lipinski definition) is 0. The van der Waals surface area contributed by atoms with Crippen LogP contribution in [0.3, 0.4) is 0 Å². The smallest absolute Gasteiger partial charge is 0.318 e. The van der Waals surface area contributed by atoms with Gasteiger partial charge < -0.3 is 14.5 Å². The van der Waals surface area contributed by atoms with Crippen LogP contribution in [0.4, 0.5) is 10.2 Å². The molecule has 10 heteroatoms. The van der Waals surface area contributed by atoms with Crippen LogP contribution in [0.15, 0.2) is 30.9 Å². The van der Waals surface area contributed by atoms with Crippen LogP contribution in [0.1, 0.15) is 48.1 Å². The van der Waals surface area contributed by atoms with Gasteiger partial charge in [0.25, 0.3) is 0 Å². The number of anilines is 1. The lowest BCUT2D eigenvalue weighted by molar-refractivity contribution is -0.128. The molecule has 2 fully saturated rings. The monoisotopic (exact) mass is 578 g/mol. The first kappa shape index (κ1) is 27.9. The quantitative estimate of drug-likeness (QED) is 0.478. The molecular weight excluding hydrogens is 543 g/mol. The van der Waals surface area contributed by atoms with Crippen molar-refractivity contribution in [3.63, 3.8) is 0 Å². The molecule has 3 heterocycles. The standard InChI is InChI=1S/C31H36ClFN6O2/c1-3-28(40)39-13-12-38(18-23(39)8-11-34)29-25-7-10-31(9-6-20-14-21(32)4-5-26(20)31)16-27(25)35-30(36-29)41-19-24-15-22(33)17-37(24)2/h3-5,14,22-24H,1,6-10,12-13,15-19H2,2H3. The van der Waals surface area contributed by atoms with Gasteiger partial charge in [0.05, 0.1) is 24.2 Å². The number of benzene rings is 1. The number of fused-ring (bicyclic) bond motifs is 3. The highest BCUT2D eigenvalue weighted by molar-refractivity contribution is 6.30. The van der Waals surface area contributed by atoms with E-state index in [1.807, 2.05) is 18.0 Å². The number of likely N-dealkylation sites (N-methyl/N-ethyl adjacent to an activating group) is 1. The molecule has 1 amide bonds. The van der Waals surface area contributed by atoms with Crippen LogP contribution < -0.4 is 9.64 Å². The first-order valence-corrected chi connectivity index (χ1v) is 14.9. The summed E-state index contributed by atoms with van der Waals surface area (Å²) in [4.78, 5) is 28.3. The van der Waals surface area contributed by atoms with Gasteiger partial charge in [-0.05, 0) is 74.9 Å². The molecule has 2 aliphatic carbocycles. The average Bonchev–Trinajstić information content (AvgIpc) is 3.48. The summed E-state index contributed by atoms with van der Waals surface area (Å²) >= 11 is 6.32. The van der Waals surface area contributed by atoms with E-state index in [-0.39, 0.29) is 29.8 Å². The molecule has 6 rings (SSSR count). The number of alkyl halides is 1. The highest BCUT2D eigenvalue weighted by Crippen LogP contribution is 2.49. The molecule has 1 aromatic heterocycles. The molecule has 4 atom stereocenters. The minimum atomic E-state index is -0.851. The Hall–Kier alpha value is -3.22. The lowest BCUT2D eigenvalue weighted by atomic mass is 9.69. The maximum absolute atomic E-state index is 14.0. The Kier molecular flexibility index (Phi) is 7.64. The molecule has 0 N–H and O–H groups in total. The molecule has 4 aliphatic rings. The van der Waals surface area contributed by atoms with Crippen molar-refractivity contribution in [3.8, 4) is 12.1 Å². The van der Waals surface area contributed by atoms with Gasteiger partial charge in [-0.15, -0.1) is 0 Å². The van der Waals surface area contributed by atoms with Crippen LogP contribution in [0.5, 0.6) is 6.01 Å². The Morgan fingerprint density at radius 3 is 2.85 bits per heavy atom. The van der Waals surface area contributed by atoms with Crippen molar-refractivity contribution >= 4 is 23.3 Å². The van der Waals surface area contributed by atoms with E-state index in [0.29, 0.717) is 45.2 Å². The molecule has 2 aromatic rings. The highest BCUT2D eigenvalue weighted by atomic mass is 35.5. The van der Waals surface area contributed by atoms with Crippen molar-refractivity contribution in [1.82, 2.24) is 19.8 Å². The van der Waals surface area contributed by atoms with Gasteiger partial charge in [-0.2, -0.15) is 15.2 Å². The Bertz CT molecular complexity index is 1400. The van der Waals surface area contributed by atoms with Crippen LogP contribution in [0.2, 0.25) is 5.02 Å². The molecule has 216 valence electrons. The summed E-state index contributed by atoms with van der Waals surface area (Å²) in [6.45, 7) is 5.93. The number of piperazine rings is 1. The highest BCUT2D eigenvalue weighted by Gasteiger charge is 2.43. The minimum absolute atomic E-state index is 0.00134. The molecule has 1 aromatic carbocycles. The molecule has 2 saturated heterocycles. The molecule has 41 heavy (non-hydrogen) atoms. The number of rotatable bonds is 6. The number of halogens is 2. The fourth-order valence-corrected chi connectivity index (χ4v) is 7.54. The molecule has 8 nitrogen and oxygen atoms in total. The van der Waals surface area contributed by atoms with Crippen LogP contribution in [-0.2, 0) is 29.5 Å². The number of nitriles is 1. The first-order chi connectivity index (χ1) is 19.8. The summed E-state index contributed by atoms with van der Waals surface area (Å²) in [6, 6.07) is 8.52. The molecule has 2 aliphatic heterocycles. The van der Waals surface area contributed by atoms with Crippen molar-refractivity contribution in [3.05, 3.63) is 58.3 Å². The summed E-state index contributed by atoms with van der Waals surface area (Å²) < 4.78 is 20.2. The lowest BCUT2D eigenvalue weighted by Gasteiger charge is -2.42. The fourth-order valence-electron chi connectivity index (χ4n) is 7.35. The van der Waals surface area contributed by atoms with E-state index in [1.54, 1.807) is 4.90 Å². The van der Waals surface area contributed by atoms with Gasteiger partial charge in [-0.25, -0.2) is 4.39 Å². The molecule has 1 spiro atoms. The number of carbonyl (C=O) groups is 1. The summed E-state index contributed by atoms with van der Waals surface area (Å²) in [5.41, 5.74) is 4.79. The molecule has 0 radical (unpaired) electrons. The Labute approximate surface area is 245 Å². The second-order valence-corrected chi connectivity index (χ2v) is 12.4. The third kappa shape index (κ3) is 5.28. The number of hydrogen-bond acceptors (Lipinski definition) is 7. The number of aryl methyl sites for hydroxylation is 1. The van der Waals surface area contributed by atoms with Crippen LogP contribution in [-0.4, -0.2) is 83.8 Å². The van der Waals surface area contributed by atoms with Crippen molar-refractivity contribution < 1.29 is 13.9 Å². The maximum atomic E-state index is 14.0. The van der Waals surface area contributed by atoms with Crippen LogP contribution in [0.25, 0.3) is 0 Å². The van der Waals surface area contributed by atoms with Gasteiger partial charge in [-0.1, -0.05) is 24.2 Å². The topological polar surface area (TPSA) is 85.6 Å². The normalized spacial score (nSPS) is 27.4. The minimum Gasteiger partial charge on any atom is -0.462 e. The van der Waals surface area contributed by atoms with E-state index in [0.717, 1.165) is 54.2 Å². The SMILES string of the molecule is C=CC(=O)N1CCN(c2nc(OCC3CC(F)CN3C)nc3c2CCC2(CCc4cc(Cl)ccc42)C3)CC1CC#N. The van der Waals surface area contributed by atoms with Crippen molar-refractivity contribution in [2.45, 2.75) is 68.6 Å². The zero-order chi connectivity index (χ0) is 28.7. The van der Waals surface area contributed by atoms with Gasteiger partial charge >= 0.3 is 6.01 Å². The van der Waals surface area contributed by atoms with Gasteiger partial charge in [0, 0.05) is 48.2 Å².